The number of aryl methyl sites for hydroxylation is 1. The summed E-state index contributed by atoms with van der Waals surface area (Å²) >= 11 is 8.17. The quantitative estimate of drug-likeness (QED) is 0.114. The number of halogens is 2. The number of likely N-dealkylation sites (N-methyl/N-ethyl adjacent to an activating group) is 1. The number of nitrogens with zero attached hydrogens (tertiary/aromatic N) is 6. The zero-order chi connectivity index (χ0) is 39.6. The number of ether oxygens (including phenoxy) is 3. The van der Waals surface area contributed by atoms with E-state index in [1.165, 1.54) is 46.7 Å². The molecule has 2 aromatic carbocycles. The minimum atomic E-state index is -2.28. The zero-order valence-electron chi connectivity index (χ0n) is 31.9. The molecule has 0 radical (unpaired) electrons. The van der Waals surface area contributed by atoms with Gasteiger partial charge in [-0.05, 0) is 61.9 Å². The van der Waals surface area contributed by atoms with Crippen molar-refractivity contribution in [3.05, 3.63) is 95.0 Å². The van der Waals surface area contributed by atoms with Crippen molar-refractivity contribution in [3.8, 4) is 39.1 Å². The van der Waals surface area contributed by atoms with Gasteiger partial charge in [-0.15, -0.1) is 11.3 Å². The number of hydrogen-bond donors (Lipinski definition) is 1. The Kier molecular flexibility index (Phi) is 10.6. The number of carboxylic acids is 1. The first-order valence-electron chi connectivity index (χ1n) is 18.5. The Balaban J connectivity index is 1.22. The lowest BCUT2D eigenvalue weighted by atomic mass is 9.97. The van der Waals surface area contributed by atoms with Crippen LogP contribution >= 0.6 is 22.9 Å². The topological polar surface area (TPSA) is 128 Å². The fourth-order valence-corrected chi connectivity index (χ4v) is 7.65. The van der Waals surface area contributed by atoms with Crippen LogP contribution in [0.1, 0.15) is 26.5 Å². The van der Waals surface area contributed by atoms with Crippen LogP contribution in [0, 0.1) is 12.9 Å². The van der Waals surface area contributed by atoms with Crippen molar-refractivity contribution in [2.75, 3.05) is 46.4 Å². The van der Waals surface area contributed by atoms with Crippen LogP contribution in [0.25, 0.3) is 32.0 Å². The number of aromatic nitrogens is 4. The third-order valence-corrected chi connectivity index (χ3v) is 10.9. The Morgan fingerprint density at radius 2 is 1.91 bits per heavy atom. The number of piperazine rings is 1. The van der Waals surface area contributed by atoms with Crippen molar-refractivity contribution < 1.29 is 35.7 Å². The van der Waals surface area contributed by atoms with Crippen LogP contribution in [0.15, 0.2) is 71.5 Å². The SMILES string of the molecule is [2H]C([2H])(Oc1ccccc1C[C@H](Oc1ncnc2sc(-c3ccc(F)o3)c(-c3ccc(OCCN4CCN(C)CC4)c(Cl)c3C)c12)C(=O)O)c1ccnn1CC. The normalized spacial score (nSPS) is 15.2. The summed E-state index contributed by atoms with van der Waals surface area (Å²) < 4.78 is 56.9. The molecule has 15 heteroatoms. The van der Waals surface area contributed by atoms with Crippen LogP contribution in [0.4, 0.5) is 4.39 Å². The summed E-state index contributed by atoms with van der Waals surface area (Å²) in [5.74, 6) is -0.445. The van der Waals surface area contributed by atoms with Crippen LogP contribution in [0.5, 0.6) is 17.4 Å². The largest absolute Gasteiger partial charge is 0.491 e. The summed E-state index contributed by atoms with van der Waals surface area (Å²) in [5, 5.41) is 15.4. The van der Waals surface area contributed by atoms with Gasteiger partial charge in [-0.3, -0.25) is 9.58 Å². The van der Waals surface area contributed by atoms with Crippen LogP contribution in [-0.4, -0.2) is 93.1 Å². The summed E-state index contributed by atoms with van der Waals surface area (Å²) in [5.41, 5.74) is 2.41. The second-order valence-corrected chi connectivity index (χ2v) is 14.2. The fourth-order valence-electron chi connectivity index (χ4n) is 6.33. The standard InChI is InChI=1S/C39H40ClFN6O6S/c1-4-47-26(13-14-44-47)22-51-28-8-6-5-7-25(28)21-31(39(48)49)53-37-34-33(36(30-11-12-32(41)52-30)54-38(34)43-23-42-37)27-9-10-29(35(40)24(27)2)50-20-19-46-17-15-45(3)16-18-46/h5-14,23,31H,4,15-22H2,1-3H3,(H,48,49)/t31-/m0/s1/i22D2. The summed E-state index contributed by atoms with van der Waals surface area (Å²) in [6.07, 6.45) is 1.05. The molecule has 12 nitrogen and oxygen atoms in total. The average Bonchev–Trinajstić information content (AvgIpc) is 3.94. The molecule has 0 amide bonds. The van der Waals surface area contributed by atoms with Crippen LogP contribution < -0.4 is 14.2 Å². The number of aliphatic carboxylic acids is 1. The highest BCUT2D eigenvalue weighted by molar-refractivity contribution is 7.22. The molecule has 0 bridgehead atoms. The molecule has 4 aromatic heterocycles. The highest BCUT2D eigenvalue weighted by Crippen LogP contribution is 2.49. The lowest BCUT2D eigenvalue weighted by Gasteiger charge is -2.32. The molecule has 1 saturated heterocycles. The van der Waals surface area contributed by atoms with Crippen LogP contribution in [-0.2, 0) is 24.3 Å². The molecule has 0 aliphatic carbocycles. The van der Waals surface area contributed by atoms with E-state index in [4.69, 9.17) is 33.0 Å². The van der Waals surface area contributed by atoms with E-state index in [1.54, 1.807) is 30.3 Å². The van der Waals surface area contributed by atoms with Gasteiger partial charge in [0.2, 0.25) is 12.0 Å². The van der Waals surface area contributed by atoms with Gasteiger partial charge < -0.3 is 28.6 Å². The van der Waals surface area contributed by atoms with E-state index in [1.807, 2.05) is 19.9 Å². The molecule has 1 atom stereocenters. The molecule has 0 unspecified atom stereocenters. The summed E-state index contributed by atoms with van der Waals surface area (Å²) in [6, 6.07) is 13.7. The van der Waals surface area contributed by atoms with E-state index in [0.29, 0.717) is 61.3 Å². The molecule has 1 aliphatic heterocycles. The Labute approximate surface area is 323 Å². The summed E-state index contributed by atoms with van der Waals surface area (Å²) in [6.45, 7) is 6.96. The van der Waals surface area contributed by atoms with Crippen molar-refractivity contribution in [1.29, 1.82) is 0 Å². The molecule has 282 valence electrons. The van der Waals surface area contributed by atoms with Crippen LogP contribution in [0.3, 0.4) is 0 Å². The third-order valence-electron chi connectivity index (χ3n) is 9.32. The Hall–Kier alpha value is -5.02. The maximum absolute atomic E-state index is 14.3. The molecule has 7 rings (SSSR count). The molecule has 1 aliphatic rings. The molecular weight excluding hydrogens is 735 g/mol. The van der Waals surface area contributed by atoms with Gasteiger partial charge in [0.25, 0.3) is 6.01 Å². The second kappa shape index (κ2) is 16.6. The first-order valence-corrected chi connectivity index (χ1v) is 18.7. The molecule has 54 heavy (non-hydrogen) atoms. The number of para-hydroxylation sites is 1. The number of thiophene rings is 1. The number of fused-ring (bicyclic) bond motifs is 1. The third kappa shape index (κ3) is 8.06. The highest BCUT2D eigenvalue weighted by atomic mass is 35.5. The predicted octanol–water partition coefficient (Wildman–Crippen LogP) is 7.22. The van der Waals surface area contributed by atoms with Crippen molar-refractivity contribution >= 4 is 39.1 Å². The smallest absolute Gasteiger partial charge is 0.345 e. The van der Waals surface area contributed by atoms with Gasteiger partial charge in [0.05, 0.1) is 23.7 Å². The second-order valence-electron chi connectivity index (χ2n) is 12.8. The summed E-state index contributed by atoms with van der Waals surface area (Å²) in [4.78, 5) is 27.3. The number of furan rings is 1. The highest BCUT2D eigenvalue weighted by Gasteiger charge is 2.29. The van der Waals surface area contributed by atoms with E-state index in [9.17, 15) is 14.3 Å². The van der Waals surface area contributed by atoms with Gasteiger partial charge in [-0.1, -0.05) is 35.9 Å². The van der Waals surface area contributed by atoms with Gasteiger partial charge in [0, 0.05) is 63.5 Å². The minimum Gasteiger partial charge on any atom is -0.491 e. The van der Waals surface area contributed by atoms with Crippen molar-refractivity contribution in [2.24, 2.45) is 0 Å². The van der Waals surface area contributed by atoms with E-state index >= 15 is 0 Å². The first-order chi connectivity index (χ1) is 26.9. The lowest BCUT2D eigenvalue weighted by Crippen LogP contribution is -2.45. The van der Waals surface area contributed by atoms with Crippen LogP contribution in [0.2, 0.25) is 5.02 Å². The van der Waals surface area contributed by atoms with Gasteiger partial charge in [-0.25, -0.2) is 14.8 Å². The van der Waals surface area contributed by atoms with Gasteiger partial charge in [0.15, 0.2) is 0 Å². The average molecular weight is 777 g/mol. The Bertz CT molecular complexity index is 2350. The van der Waals surface area contributed by atoms with Gasteiger partial charge >= 0.3 is 5.97 Å². The van der Waals surface area contributed by atoms with Crippen molar-refractivity contribution in [3.63, 3.8) is 0 Å². The number of benzene rings is 2. The molecule has 5 heterocycles. The maximum Gasteiger partial charge on any atom is 0.345 e. The molecule has 1 N–H and O–H groups in total. The number of carbonyl (C=O) groups is 1. The molecule has 0 saturated carbocycles. The first kappa shape index (κ1) is 34.7. The number of hydrogen-bond acceptors (Lipinski definition) is 11. The van der Waals surface area contributed by atoms with Crippen molar-refractivity contribution in [2.45, 2.75) is 39.5 Å². The minimum absolute atomic E-state index is 0.0319. The van der Waals surface area contributed by atoms with E-state index in [2.05, 4.69) is 31.9 Å². The fraction of sp³-hybridized carbons (Fsp3) is 0.333. The lowest BCUT2D eigenvalue weighted by molar-refractivity contribution is -0.145. The monoisotopic (exact) mass is 776 g/mol. The Morgan fingerprint density at radius 1 is 1.09 bits per heavy atom. The zero-order valence-corrected chi connectivity index (χ0v) is 31.5. The number of rotatable bonds is 15. The van der Waals surface area contributed by atoms with Gasteiger partial charge in [-0.2, -0.15) is 9.49 Å². The molecule has 6 aromatic rings. The van der Waals surface area contributed by atoms with Crippen molar-refractivity contribution in [1.82, 2.24) is 29.5 Å². The Morgan fingerprint density at radius 3 is 2.67 bits per heavy atom. The molecule has 0 spiro atoms. The van der Waals surface area contributed by atoms with E-state index in [-0.39, 0.29) is 29.5 Å². The maximum atomic E-state index is 14.3. The summed E-state index contributed by atoms with van der Waals surface area (Å²) in [7, 11) is 2.11. The number of carboxylic acid groups (broad SMARTS) is 1. The molecular formula is C39H40ClFN6O6S. The molecule has 1 fully saturated rings. The van der Waals surface area contributed by atoms with E-state index in [0.717, 1.165) is 32.7 Å². The van der Waals surface area contributed by atoms with Gasteiger partial charge in [0.1, 0.15) is 41.6 Å². The predicted molar refractivity (Wildman–Crippen MR) is 204 cm³/mol. The van der Waals surface area contributed by atoms with E-state index < -0.39 is 24.6 Å².